The summed E-state index contributed by atoms with van der Waals surface area (Å²) in [6.45, 7) is 5.26. The average molecular weight is 363 g/mol. The first kappa shape index (κ1) is 19.3. The molecule has 0 bridgehead atoms. The molecule has 0 aromatic heterocycles. The molecule has 3 aliphatic rings. The minimum atomic E-state index is -0.750. The van der Waals surface area contributed by atoms with Gasteiger partial charge in [-0.15, -0.1) is 0 Å². The number of rotatable bonds is 5. The molecule has 146 valence electrons. The Bertz CT molecular complexity index is 638. The second-order valence-electron chi connectivity index (χ2n) is 7.79. The van der Waals surface area contributed by atoms with Crippen LogP contribution >= 0.6 is 0 Å². The van der Waals surface area contributed by atoms with Gasteiger partial charge < -0.3 is 24.6 Å². The summed E-state index contributed by atoms with van der Waals surface area (Å²) in [6.07, 6.45) is 6.70. The molecule has 26 heavy (non-hydrogen) atoms. The van der Waals surface area contributed by atoms with Crippen LogP contribution in [-0.4, -0.2) is 55.1 Å². The summed E-state index contributed by atoms with van der Waals surface area (Å²) in [5.41, 5.74) is 0.444. The van der Waals surface area contributed by atoms with Gasteiger partial charge in [-0.05, 0) is 68.8 Å². The largest absolute Gasteiger partial charge is 0.504 e. The van der Waals surface area contributed by atoms with Crippen LogP contribution in [0.5, 0.6) is 0 Å². The fraction of sp³-hybridized carbons (Fsp3) is 0.714. The molecule has 0 radical (unpaired) electrons. The molecule has 0 saturated heterocycles. The van der Waals surface area contributed by atoms with Crippen molar-refractivity contribution in [2.75, 3.05) is 27.8 Å². The number of hydrogen-bond acceptors (Lipinski definition) is 5. The third kappa shape index (κ3) is 2.59. The highest BCUT2D eigenvalue weighted by atomic mass is 16.5. The van der Waals surface area contributed by atoms with Gasteiger partial charge in [-0.25, -0.2) is 0 Å². The number of nitrogens with zero attached hydrogens (tertiary/aromatic N) is 1. The monoisotopic (exact) mass is 363 g/mol. The first-order chi connectivity index (χ1) is 12.5. The smallest absolute Gasteiger partial charge is 0.157 e. The summed E-state index contributed by atoms with van der Waals surface area (Å²) >= 11 is 0. The zero-order valence-corrected chi connectivity index (χ0v) is 16.7. The van der Waals surface area contributed by atoms with Crippen molar-refractivity contribution in [3.05, 3.63) is 35.0 Å². The maximum atomic E-state index is 11.4. The van der Waals surface area contributed by atoms with E-state index in [2.05, 4.69) is 25.8 Å². The van der Waals surface area contributed by atoms with Crippen LogP contribution < -0.4 is 0 Å². The Morgan fingerprint density at radius 1 is 1.19 bits per heavy atom. The Kier molecular flexibility index (Phi) is 5.40. The van der Waals surface area contributed by atoms with Crippen molar-refractivity contribution in [3.8, 4) is 0 Å². The zero-order valence-electron chi connectivity index (χ0n) is 16.7. The SMILES string of the molecule is CCN(C)C1CC2CC=C(OC)C(O)=C2C2(CC)C(O)C(OC)=CCC12. The fourth-order valence-corrected chi connectivity index (χ4v) is 5.67. The quantitative estimate of drug-likeness (QED) is 0.784. The predicted molar refractivity (Wildman–Crippen MR) is 101 cm³/mol. The van der Waals surface area contributed by atoms with Crippen LogP contribution in [0.1, 0.15) is 39.5 Å². The van der Waals surface area contributed by atoms with Crippen LogP contribution in [-0.2, 0) is 9.47 Å². The van der Waals surface area contributed by atoms with Crippen LogP contribution in [0.3, 0.4) is 0 Å². The molecule has 2 N–H and O–H groups in total. The van der Waals surface area contributed by atoms with Crippen molar-refractivity contribution in [1.29, 1.82) is 0 Å². The number of fused-ring (bicyclic) bond motifs is 3. The molecule has 5 nitrogen and oxygen atoms in total. The Morgan fingerprint density at radius 3 is 2.50 bits per heavy atom. The average Bonchev–Trinajstić information content (AvgIpc) is 2.67. The minimum absolute atomic E-state index is 0.218. The van der Waals surface area contributed by atoms with Crippen LogP contribution in [0.2, 0.25) is 0 Å². The van der Waals surface area contributed by atoms with Gasteiger partial charge in [0.05, 0.1) is 14.2 Å². The Morgan fingerprint density at radius 2 is 1.92 bits per heavy atom. The van der Waals surface area contributed by atoms with E-state index in [9.17, 15) is 10.2 Å². The van der Waals surface area contributed by atoms with Gasteiger partial charge in [0.2, 0.25) is 0 Å². The molecule has 0 spiro atoms. The van der Waals surface area contributed by atoms with Crippen molar-refractivity contribution >= 4 is 0 Å². The van der Waals surface area contributed by atoms with Crippen molar-refractivity contribution in [2.24, 2.45) is 17.3 Å². The van der Waals surface area contributed by atoms with E-state index in [4.69, 9.17) is 9.47 Å². The molecule has 3 aliphatic carbocycles. The van der Waals surface area contributed by atoms with Gasteiger partial charge >= 0.3 is 0 Å². The van der Waals surface area contributed by atoms with Crippen molar-refractivity contribution < 1.29 is 19.7 Å². The minimum Gasteiger partial charge on any atom is -0.504 e. The lowest BCUT2D eigenvalue weighted by Crippen LogP contribution is -2.59. The van der Waals surface area contributed by atoms with Gasteiger partial charge in [0.25, 0.3) is 0 Å². The first-order valence-corrected chi connectivity index (χ1v) is 9.76. The van der Waals surface area contributed by atoms with Gasteiger partial charge in [0.15, 0.2) is 11.5 Å². The Balaban J connectivity index is 2.21. The van der Waals surface area contributed by atoms with Crippen molar-refractivity contribution in [2.45, 2.75) is 51.7 Å². The summed E-state index contributed by atoms with van der Waals surface area (Å²) in [4.78, 5) is 2.40. The van der Waals surface area contributed by atoms with E-state index in [0.29, 0.717) is 17.6 Å². The maximum absolute atomic E-state index is 11.4. The zero-order chi connectivity index (χ0) is 19.1. The van der Waals surface area contributed by atoms with Crippen molar-refractivity contribution in [3.63, 3.8) is 0 Å². The summed E-state index contributed by atoms with van der Waals surface area (Å²) in [6, 6.07) is 0.364. The van der Waals surface area contributed by atoms with Gasteiger partial charge in [-0.2, -0.15) is 0 Å². The summed E-state index contributed by atoms with van der Waals surface area (Å²) in [7, 11) is 5.37. The molecule has 0 aliphatic heterocycles. The Hall–Kier alpha value is -1.46. The summed E-state index contributed by atoms with van der Waals surface area (Å²) in [5.74, 6) is 1.83. The molecule has 0 heterocycles. The maximum Gasteiger partial charge on any atom is 0.157 e. The van der Waals surface area contributed by atoms with E-state index in [1.165, 1.54) is 0 Å². The third-order valence-electron chi connectivity index (χ3n) is 7.07. The van der Waals surface area contributed by atoms with E-state index >= 15 is 0 Å². The standard InChI is InChI=1S/C21H33NO4/c1-6-21-14(9-11-17(26-5)20(21)24)15(22(3)7-2)12-13-8-10-16(25-4)19(23)18(13)21/h10-11,13-15,20,23-24H,6-9,12H2,1-5H3. The van der Waals surface area contributed by atoms with Gasteiger partial charge in [-0.1, -0.05) is 13.8 Å². The number of hydrogen-bond donors (Lipinski definition) is 2. The molecular formula is C21H33NO4. The van der Waals surface area contributed by atoms with Crippen LogP contribution in [0.25, 0.3) is 0 Å². The van der Waals surface area contributed by atoms with E-state index in [1.54, 1.807) is 14.2 Å². The second kappa shape index (κ2) is 7.28. The molecule has 1 fully saturated rings. The topological polar surface area (TPSA) is 62.2 Å². The number of allylic oxidation sites excluding steroid dienone is 2. The number of aliphatic hydroxyl groups is 2. The molecule has 0 aromatic carbocycles. The second-order valence-corrected chi connectivity index (χ2v) is 7.79. The normalized spacial score (nSPS) is 36.9. The predicted octanol–water partition coefficient (Wildman–Crippen LogP) is 3.38. The summed E-state index contributed by atoms with van der Waals surface area (Å²) in [5, 5.41) is 22.4. The molecule has 5 heteroatoms. The number of ether oxygens (including phenoxy) is 2. The fourth-order valence-electron chi connectivity index (χ4n) is 5.67. The molecule has 5 unspecified atom stereocenters. The lowest BCUT2D eigenvalue weighted by atomic mass is 9.50. The molecule has 0 amide bonds. The highest BCUT2D eigenvalue weighted by molar-refractivity contribution is 5.42. The molecular weight excluding hydrogens is 330 g/mol. The van der Waals surface area contributed by atoms with Gasteiger partial charge in [-0.3, -0.25) is 0 Å². The van der Waals surface area contributed by atoms with Crippen LogP contribution in [0.4, 0.5) is 0 Å². The van der Waals surface area contributed by atoms with Gasteiger partial charge in [0, 0.05) is 11.5 Å². The molecule has 3 rings (SSSR count). The first-order valence-electron chi connectivity index (χ1n) is 9.76. The van der Waals surface area contributed by atoms with Crippen LogP contribution in [0.15, 0.2) is 35.0 Å². The van der Waals surface area contributed by atoms with E-state index in [1.807, 2.05) is 12.2 Å². The van der Waals surface area contributed by atoms with Crippen molar-refractivity contribution in [1.82, 2.24) is 4.90 Å². The lowest BCUT2D eigenvalue weighted by molar-refractivity contribution is -0.0728. The molecule has 5 atom stereocenters. The number of aliphatic hydroxyl groups excluding tert-OH is 2. The highest BCUT2D eigenvalue weighted by Gasteiger charge is 2.59. The molecule has 0 aromatic rings. The van der Waals surface area contributed by atoms with Crippen LogP contribution in [0, 0.1) is 17.3 Å². The third-order valence-corrected chi connectivity index (χ3v) is 7.07. The Labute approximate surface area is 157 Å². The van der Waals surface area contributed by atoms with E-state index in [0.717, 1.165) is 37.8 Å². The lowest BCUT2D eigenvalue weighted by Gasteiger charge is -2.58. The van der Waals surface area contributed by atoms with Gasteiger partial charge in [0.1, 0.15) is 11.9 Å². The number of methoxy groups -OCH3 is 2. The molecule has 1 saturated carbocycles. The van der Waals surface area contributed by atoms with E-state index in [-0.39, 0.29) is 17.6 Å². The summed E-state index contributed by atoms with van der Waals surface area (Å²) < 4.78 is 10.9. The van der Waals surface area contributed by atoms with E-state index < -0.39 is 11.5 Å². The highest BCUT2D eigenvalue weighted by Crippen LogP contribution is 2.60.